The molecule has 0 aliphatic carbocycles. The van der Waals surface area contributed by atoms with Crippen LogP contribution in [0.15, 0.2) is 23.7 Å². The smallest absolute Gasteiger partial charge is 0.190 e. The summed E-state index contributed by atoms with van der Waals surface area (Å²) in [5, 5.41) is 6.12. The normalized spacial score (nSPS) is 23.2. The second-order valence-corrected chi connectivity index (χ2v) is 7.13. The van der Waals surface area contributed by atoms with Gasteiger partial charge in [-0.3, -0.25) is 4.79 Å². The molecule has 2 aliphatic heterocycles. The number of methoxy groups -OCH3 is 1. The Bertz CT molecular complexity index is 754. The van der Waals surface area contributed by atoms with Crippen molar-refractivity contribution in [3.05, 3.63) is 29.3 Å². The van der Waals surface area contributed by atoms with Gasteiger partial charge in [-0.15, -0.1) is 11.3 Å². The molecule has 2 aromatic rings. The number of ketones is 1. The molecule has 4 rings (SSSR count). The van der Waals surface area contributed by atoms with E-state index in [4.69, 9.17) is 9.72 Å². The van der Waals surface area contributed by atoms with E-state index in [9.17, 15) is 4.79 Å². The van der Waals surface area contributed by atoms with Crippen LogP contribution in [0.4, 0.5) is 16.8 Å². The molecule has 25 heavy (non-hydrogen) atoms. The molecule has 0 bridgehead atoms. The molecule has 7 nitrogen and oxygen atoms in total. The van der Waals surface area contributed by atoms with Crippen molar-refractivity contribution >= 4 is 33.9 Å². The van der Waals surface area contributed by atoms with Gasteiger partial charge >= 0.3 is 0 Å². The van der Waals surface area contributed by atoms with Crippen LogP contribution in [0.1, 0.15) is 16.8 Å². The Balaban J connectivity index is 1.68. The quantitative estimate of drug-likeness (QED) is 0.891. The predicted octanol–water partition coefficient (Wildman–Crippen LogP) is 1.69. The molecule has 132 valence electrons. The van der Waals surface area contributed by atoms with Crippen molar-refractivity contribution in [2.75, 3.05) is 43.6 Å². The van der Waals surface area contributed by atoms with E-state index in [0.29, 0.717) is 24.3 Å². The third-order valence-corrected chi connectivity index (χ3v) is 5.69. The van der Waals surface area contributed by atoms with Gasteiger partial charge in [0.1, 0.15) is 11.6 Å². The Morgan fingerprint density at radius 3 is 2.92 bits per heavy atom. The number of hydrogen-bond donors (Lipinski definition) is 1. The average Bonchev–Trinajstić information content (AvgIpc) is 3.31. The number of nitrogens with one attached hydrogen (secondary N) is 1. The van der Waals surface area contributed by atoms with Gasteiger partial charge in [0.15, 0.2) is 10.9 Å². The zero-order valence-electron chi connectivity index (χ0n) is 14.3. The van der Waals surface area contributed by atoms with Gasteiger partial charge in [-0.25, -0.2) is 9.97 Å². The second kappa shape index (κ2) is 6.70. The van der Waals surface area contributed by atoms with Gasteiger partial charge in [-0.05, 0) is 19.2 Å². The summed E-state index contributed by atoms with van der Waals surface area (Å²) < 4.78 is 5.57. The van der Waals surface area contributed by atoms with Crippen LogP contribution >= 0.6 is 11.3 Å². The van der Waals surface area contributed by atoms with Crippen molar-refractivity contribution in [2.24, 2.45) is 0 Å². The molecule has 2 atom stereocenters. The Morgan fingerprint density at radius 2 is 2.24 bits per heavy atom. The molecule has 0 spiro atoms. The molecule has 2 aromatic heterocycles. The first kappa shape index (κ1) is 16.4. The molecule has 0 aromatic carbocycles. The molecule has 4 heterocycles. The summed E-state index contributed by atoms with van der Waals surface area (Å²) in [7, 11) is 3.69. The summed E-state index contributed by atoms with van der Waals surface area (Å²) in [6.45, 7) is 2.22. The Labute approximate surface area is 150 Å². The number of pyridine rings is 1. The Hall–Kier alpha value is -2.03. The van der Waals surface area contributed by atoms with E-state index < -0.39 is 0 Å². The largest absolute Gasteiger partial charge is 0.378 e. The van der Waals surface area contributed by atoms with Crippen LogP contribution in [0.25, 0.3) is 0 Å². The number of thiazole rings is 1. The lowest BCUT2D eigenvalue weighted by Gasteiger charge is -2.28. The van der Waals surface area contributed by atoms with Crippen molar-refractivity contribution in [3.63, 3.8) is 0 Å². The second-order valence-electron chi connectivity index (χ2n) is 6.25. The zero-order valence-corrected chi connectivity index (χ0v) is 15.1. The summed E-state index contributed by atoms with van der Waals surface area (Å²) in [4.78, 5) is 25.8. The highest BCUT2D eigenvalue weighted by Crippen LogP contribution is 2.35. The lowest BCUT2D eigenvalue weighted by Crippen LogP contribution is -2.37. The Morgan fingerprint density at radius 1 is 1.36 bits per heavy atom. The maximum atomic E-state index is 12.3. The summed E-state index contributed by atoms with van der Waals surface area (Å²) >= 11 is 1.56. The number of aromatic nitrogens is 2. The zero-order chi connectivity index (χ0) is 17.4. The minimum absolute atomic E-state index is 0.125. The maximum absolute atomic E-state index is 12.3. The van der Waals surface area contributed by atoms with Crippen molar-refractivity contribution in [3.8, 4) is 0 Å². The molecule has 1 saturated heterocycles. The lowest BCUT2D eigenvalue weighted by atomic mass is 10.0. The Kier molecular flexibility index (Phi) is 4.41. The fourth-order valence-corrected chi connectivity index (χ4v) is 4.17. The van der Waals surface area contributed by atoms with Crippen LogP contribution in [0, 0.1) is 0 Å². The van der Waals surface area contributed by atoms with E-state index in [-0.39, 0.29) is 17.9 Å². The monoisotopic (exact) mass is 359 g/mol. The number of rotatable bonds is 4. The predicted molar refractivity (Wildman–Crippen MR) is 98.2 cm³/mol. The van der Waals surface area contributed by atoms with Gasteiger partial charge < -0.3 is 19.9 Å². The SMILES string of the molecule is CN[C@H]1CN(c2ccc3c(n2)N(c2nccs2)CCC3=O)C[C@@H]1OC. The van der Waals surface area contributed by atoms with Gasteiger partial charge in [-0.2, -0.15) is 0 Å². The molecule has 2 aliphatic rings. The van der Waals surface area contributed by atoms with Crippen LogP contribution in [0.2, 0.25) is 0 Å². The van der Waals surface area contributed by atoms with E-state index in [1.807, 2.05) is 29.5 Å². The van der Waals surface area contributed by atoms with Gasteiger partial charge in [0, 0.05) is 44.7 Å². The summed E-state index contributed by atoms with van der Waals surface area (Å²) in [6, 6.07) is 4.10. The molecule has 1 fully saturated rings. The van der Waals surface area contributed by atoms with E-state index in [0.717, 1.165) is 24.0 Å². The van der Waals surface area contributed by atoms with E-state index >= 15 is 0 Å². The third kappa shape index (κ3) is 2.90. The van der Waals surface area contributed by atoms with Crippen molar-refractivity contribution < 1.29 is 9.53 Å². The molecule has 0 amide bonds. The average molecular weight is 359 g/mol. The van der Waals surface area contributed by atoms with Crippen molar-refractivity contribution in [1.82, 2.24) is 15.3 Å². The summed E-state index contributed by atoms with van der Waals surface area (Å²) in [6.07, 6.45) is 2.39. The van der Waals surface area contributed by atoms with E-state index in [2.05, 4.69) is 15.2 Å². The van der Waals surface area contributed by atoms with Crippen LogP contribution in [-0.2, 0) is 4.74 Å². The number of carbonyl (C=O) groups is 1. The minimum Gasteiger partial charge on any atom is -0.378 e. The van der Waals surface area contributed by atoms with E-state index in [1.54, 1.807) is 24.6 Å². The van der Waals surface area contributed by atoms with Gasteiger partial charge in [0.2, 0.25) is 0 Å². The first-order valence-corrected chi connectivity index (χ1v) is 9.25. The number of Topliss-reactive ketones (excluding diaryl/α,β-unsaturated/α-hetero) is 1. The first-order chi connectivity index (χ1) is 12.2. The minimum atomic E-state index is 0.125. The number of ether oxygens (including phenoxy) is 1. The number of hydrogen-bond acceptors (Lipinski definition) is 8. The molecular formula is C17H21N5O2S. The van der Waals surface area contributed by atoms with Crippen LogP contribution in [-0.4, -0.2) is 61.7 Å². The third-order valence-electron chi connectivity index (χ3n) is 4.89. The lowest BCUT2D eigenvalue weighted by molar-refractivity contribution is 0.0980. The molecule has 0 saturated carbocycles. The molecule has 8 heteroatoms. The van der Waals surface area contributed by atoms with Crippen molar-refractivity contribution in [1.29, 1.82) is 0 Å². The highest BCUT2D eigenvalue weighted by Gasteiger charge is 2.34. The van der Waals surface area contributed by atoms with Gasteiger partial charge in [-0.1, -0.05) is 0 Å². The summed E-state index contributed by atoms with van der Waals surface area (Å²) in [5.41, 5.74) is 0.679. The standard InChI is InChI=1S/C17H21N5O2S/c1-18-12-9-21(10-14(12)24-2)15-4-3-11-13(23)5-7-22(16(11)20-15)17-19-6-8-25-17/h3-4,6,8,12,14,18H,5,7,9-10H2,1-2H3/t12-,14-/m0/s1. The molecule has 1 N–H and O–H groups in total. The topological polar surface area (TPSA) is 70.6 Å². The highest BCUT2D eigenvalue weighted by atomic mass is 32.1. The van der Waals surface area contributed by atoms with Crippen molar-refractivity contribution in [2.45, 2.75) is 18.6 Å². The molecule has 0 radical (unpaired) electrons. The van der Waals surface area contributed by atoms with Crippen LogP contribution in [0.3, 0.4) is 0 Å². The fourth-order valence-electron chi connectivity index (χ4n) is 3.50. The molecular weight excluding hydrogens is 338 g/mol. The number of carbonyl (C=O) groups excluding carboxylic acids is 1. The number of likely N-dealkylation sites (N-methyl/N-ethyl adjacent to an activating group) is 1. The first-order valence-electron chi connectivity index (χ1n) is 8.37. The van der Waals surface area contributed by atoms with Gasteiger partial charge in [0.05, 0.1) is 17.7 Å². The number of nitrogens with zero attached hydrogens (tertiary/aromatic N) is 4. The van der Waals surface area contributed by atoms with Crippen LogP contribution < -0.4 is 15.1 Å². The number of fused-ring (bicyclic) bond motifs is 1. The van der Waals surface area contributed by atoms with Crippen LogP contribution in [0.5, 0.6) is 0 Å². The highest BCUT2D eigenvalue weighted by molar-refractivity contribution is 7.13. The summed E-state index contributed by atoms with van der Waals surface area (Å²) in [5.74, 6) is 1.73. The fraction of sp³-hybridized carbons (Fsp3) is 0.471. The van der Waals surface area contributed by atoms with E-state index in [1.165, 1.54) is 0 Å². The molecule has 0 unspecified atom stereocenters. The number of anilines is 3. The van der Waals surface area contributed by atoms with Gasteiger partial charge in [0.25, 0.3) is 0 Å². The maximum Gasteiger partial charge on any atom is 0.190 e.